The zero-order valence-electron chi connectivity index (χ0n) is 18.0. The maximum atomic E-state index is 14.8. The maximum Gasteiger partial charge on any atom is 0.295 e. The van der Waals surface area contributed by atoms with E-state index in [9.17, 15) is 19.1 Å². The van der Waals surface area contributed by atoms with Gasteiger partial charge in [0.2, 0.25) is 5.78 Å². The molecule has 0 aliphatic carbocycles. The van der Waals surface area contributed by atoms with Crippen molar-refractivity contribution in [2.24, 2.45) is 0 Å². The number of carbonyl (C=O) groups excluding carboxylic acids is 2. The van der Waals surface area contributed by atoms with Gasteiger partial charge >= 0.3 is 0 Å². The number of ether oxygens (including phenoxy) is 2. The highest BCUT2D eigenvalue weighted by molar-refractivity contribution is 6.46. The van der Waals surface area contributed by atoms with E-state index in [0.717, 1.165) is 0 Å². The fourth-order valence-corrected chi connectivity index (χ4v) is 3.91. The van der Waals surface area contributed by atoms with Crippen LogP contribution in [0, 0.1) is 5.82 Å². The number of pyridine rings is 1. The van der Waals surface area contributed by atoms with Crippen molar-refractivity contribution in [2.45, 2.75) is 12.6 Å². The van der Waals surface area contributed by atoms with E-state index in [1.54, 1.807) is 30.6 Å². The van der Waals surface area contributed by atoms with Crippen LogP contribution >= 0.6 is 0 Å². The fourth-order valence-electron chi connectivity index (χ4n) is 3.91. The minimum atomic E-state index is -1.17. The van der Waals surface area contributed by atoms with Gasteiger partial charge in [-0.2, -0.15) is 0 Å². The molecule has 1 aliphatic heterocycles. The second kappa shape index (κ2) is 9.12. The largest absolute Gasteiger partial charge is 0.872 e. The zero-order chi connectivity index (χ0) is 23.5. The molecular formula is C25H21FN2O5. The first-order chi connectivity index (χ1) is 16.0. The van der Waals surface area contributed by atoms with Crippen LogP contribution in [-0.4, -0.2) is 30.8 Å². The Morgan fingerprint density at radius 1 is 1.06 bits per heavy atom. The van der Waals surface area contributed by atoms with Crippen molar-refractivity contribution in [1.29, 1.82) is 0 Å². The molecule has 1 amide bonds. The van der Waals surface area contributed by atoms with Crippen LogP contribution in [0.2, 0.25) is 0 Å². The Morgan fingerprint density at radius 2 is 1.82 bits per heavy atom. The first-order valence-electron chi connectivity index (χ1n) is 10.1. The molecule has 1 fully saturated rings. The molecule has 4 rings (SSSR count). The highest BCUT2D eigenvalue weighted by Gasteiger charge is 2.45. The number of halogens is 1. The van der Waals surface area contributed by atoms with Crippen LogP contribution in [0.15, 0.2) is 72.6 Å². The molecule has 1 saturated heterocycles. The molecule has 0 radical (unpaired) electrons. The number of methoxy groups -OCH3 is 2. The third kappa shape index (κ3) is 4.03. The van der Waals surface area contributed by atoms with Gasteiger partial charge in [-0.05, 0) is 29.8 Å². The summed E-state index contributed by atoms with van der Waals surface area (Å²) < 4.78 is 25.3. The number of aromatic nitrogens is 1. The molecule has 3 aromatic rings. The molecule has 0 bridgehead atoms. The number of H-pyrrole nitrogens is 1. The molecule has 1 unspecified atom stereocenters. The molecule has 1 aromatic heterocycles. The molecule has 2 heterocycles. The molecule has 8 heteroatoms. The Morgan fingerprint density at radius 3 is 2.48 bits per heavy atom. The van der Waals surface area contributed by atoms with E-state index in [1.807, 2.05) is 0 Å². The number of hydrogen-bond acceptors (Lipinski definition) is 5. The predicted molar refractivity (Wildman–Crippen MR) is 114 cm³/mol. The van der Waals surface area contributed by atoms with Crippen molar-refractivity contribution in [3.63, 3.8) is 0 Å². The summed E-state index contributed by atoms with van der Waals surface area (Å²) in [5.74, 6) is -2.42. The van der Waals surface area contributed by atoms with Crippen LogP contribution in [0.1, 0.15) is 22.7 Å². The van der Waals surface area contributed by atoms with Crippen molar-refractivity contribution in [3.05, 3.63) is 95.1 Å². The molecule has 0 saturated carbocycles. The number of rotatable bonds is 6. The van der Waals surface area contributed by atoms with Gasteiger partial charge in [-0.25, -0.2) is 9.37 Å². The van der Waals surface area contributed by atoms with Crippen molar-refractivity contribution < 1.29 is 33.5 Å². The van der Waals surface area contributed by atoms with Gasteiger partial charge < -0.3 is 19.5 Å². The summed E-state index contributed by atoms with van der Waals surface area (Å²) in [6.45, 7) is 0.0175. The summed E-state index contributed by atoms with van der Waals surface area (Å²) in [7, 11) is 2.88. The van der Waals surface area contributed by atoms with Crippen LogP contribution in [0.4, 0.5) is 4.39 Å². The standard InChI is InChI=1S/C25H21FN2O5/c1-32-19-10-9-16(12-20(19)33-2)23(29)21-22(17-7-3-4-8-18(17)26)28(25(31)24(21)30)14-15-6-5-11-27-13-15/h3-13,22,29H,14H2,1-2H3. The molecule has 1 atom stereocenters. The van der Waals surface area contributed by atoms with E-state index in [-0.39, 0.29) is 23.2 Å². The smallest absolute Gasteiger partial charge is 0.295 e. The van der Waals surface area contributed by atoms with Crippen LogP contribution in [0.25, 0.3) is 5.76 Å². The SMILES string of the molecule is COc1ccc(C([O-])=C2C(=O)C(=O)N(Cc3ccc[nH+]c3)C2c2ccccc2F)cc1OC. The Kier molecular flexibility index (Phi) is 6.08. The number of Topliss-reactive ketones (excluding diaryl/α,β-unsaturated/α-hetero) is 1. The highest BCUT2D eigenvalue weighted by atomic mass is 19.1. The number of nitrogens with zero attached hydrogens (tertiary/aromatic N) is 1. The molecule has 168 valence electrons. The fraction of sp³-hybridized carbons (Fsp3) is 0.160. The van der Waals surface area contributed by atoms with Gasteiger partial charge in [-0.15, -0.1) is 0 Å². The molecule has 1 aliphatic rings. The normalized spacial score (nSPS) is 17.3. The van der Waals surface area contributed by atoms with Gasteiger partial charge in [0.05, 0.1) is 26.8 Å². The molecule has 2 aromatic carbocycles. The number of hydrogen-bond donors (Lipinski definition) is 0. The molecular weight excluding hydrogens is 427 g/mol. The van der Waals surface area contributed by atoms with Crippen LogP contribution in [-0.2, 0) is 16.1 Å². The summed E-state index contributed by atoms with van der Waals surface area (Å²) in [6.07, 6.45) is 3.37. The van der Waals surface area contributed by atoms with E-state index in [4.69, 9.17) is 9.47 Å². The molecule has 33 heavy (non-hydrogen) atoms. The lowest BCUT2D eigenvalue weighted by molar-refractivity contribution is -0.378. The van der Waals surface area contributed by atoms with Gasteiger partial charge in [-0.1, -0.05) is 30.0 Å². The van der Waals surface area contributed by atoms with Crippen LogP contribution in [0.3, 0.4) is 0 Å². The Labute approximate surface area is 189 Å². The number of carbonyl (C=O) groups is 2. The second-order valence-corrected chi connectivity index (χ2v) is 7.41. The van der Waals surface area contributed by atoms with Crippen molar-refractivity contribution in [2.75, 3.05) is 14.2 Å². The van der Waals surface area contributed by atoms with Gasteiger partial charge in [-0.3, -0.25) is 9.59 Å². The Hall–Kier alpha value is -4.20. The summed E-state index contributed by atoms with van der Waals surface area (Å²) in [6, 6.07) is 12.6. The molecule has 7 nitrogen and oxygen atoms in total. The van der Waals surface area contributed by atoms with Crippen molar-refractivity contribution in [1.82, 2.24) is 4.90 Å². The monoisotopic (exact) mass is 448 g/mol. The summed E-state index contributed by atoms with van der Waals surface area (Å²) in [5, 5.41) is 13.5. The van der Waals surface area contributed by atoms with E-state index in [0.29, 0.717) is 17.1 Å². The molecule has 1 N–H and O–H groups in total. The number of ketones is 1. The number of amides is 1. The third-order valence-corrected chi connectivity index (χ3v) is 5.50. The topological polar surface area (TPSA) is 93.0 Å². The minimum absolute atomic E-state index is 0.0175. The number of aromatic amines is 1. The molecule has 0 spiro atoms. The Bertz CT molecular complexity index is 1240. The lowest BCUT2D eigenvalue weighted by Crippen LogP contribution is -2.30. The first-order valence-corrected chi connectivity index (χ1v) is 10.1. The lowest BCUT2D eigenvalue weighted by atomic mass is 9.94. The quantitative estimate of drug-likeness (QED) is 0.327. The van der Waals surface area contributed by atoms with E-state index >= 15 is 0 Å². The second-order valence-electron chi connectivity index (χ2n) is 7.41. The summed E-state index contributed by atoms with van der Waals surface area (Å²) >= 11 is 0. The van der Waals surface area contributed by atoms with Crippen LogP contribution in [0.5, 0.6) is 11.5 Å². The first kappa shape index (κ1) is 22.0. The van der Waals surface area contributed by atoms with Gasteiger partial charge in [0.1, 0.15) is 5.82 Å². The van der Waals surface area contributed by atoms with Gasteiger partial charge in [0.25, 0.3) is 5.91 Å². The number of nitrogens with one attached hydrogen (secondary N) is 1. The summed E-state index contributed by atoms with van der Waals surface area (Å²) in [5.41, 5.74) is 0.581. The van der Waals surface area contributed by atoms with E-state index in [2.05, 4.69) is 4.98 Å². The number of likely N-dealkylation sites (tertiary alicyclic amines) is 1. The predicted octanol–water partition coefficient (Wildman–Crippen LogP) is 2.08. The summed E-state index contributed by atoms with van der Waals surface area (Å²) in [4.78, 5) is 30.2. The van der Waals surface area contributed by atoms with E-state index in [1.165, 1.54) is 55.5 Å². The number of benzene rings is 2. The average Bonchev–Trinajstić information content (AvgIpc) is 3.08. The van der Waals surface area contributed by atoms with Gasteiger partial charge in [0, 0.05) is 22.8 Å². The van der Waals surface area contributed by atoms with Crippen molar-refractivity contribution >= 4 is 17.4 Å². The minimum Gasteiger partial charge on any atom is -0.872 e. The van der Waals surface area contributed by atoms with E-state index < -0.39 is 29.3 Å². The third-order valence-electron chi connectivity index (χ3n) is 5.50. The van der Waals surface area contributed by atoms with Crippen LogP contribution < -0.4 is 19.6 Å². The zero-order valence-corrected chi connectivity index (χ0v) is 18.0. The van der Waals surface area contributed by atoms with Gasteiger partial charge in [0.15, 0.2) is 23.9 Å². The lowest BCUT2D eigenvalue weighted by Gasteiger charge is -2.27. The maximum absolute atomic E-state index is 14.8. The average molecular weight is 448 g/mol. The van der Waals surface area contributed by atoms with Crippen molar-refractivity contribution in [3.8, 4) is 11.5 Å². The Balaban J connectivity index is 1.89. The highest BCUT2D eigenvalue weighted by Crippen LogP contribution is 2.41.